The van der Waals surface area contributed by atoms with Gasteiger partial charge in [0, 0.05) is 0 Å². The Balaban J connectivity index is 2.57. The van der Waals surface area contributed by atoms with E-state index in [1.54, 1.807) is 24.5 Å². The van der Waals surface area contributed by atoms with Gasteiger partial charge in [-0.3, -0.25) is 4.79 Å². The quantitative estimate of drug-likeness (QED) is 0.717. The van der Waals surface area contributed by atoms with Gasteiger partial charge >= 0.3 is 5.97 Å². The SMILES string of the molecule is CC(CO)(C(=O)O)c1ccc2nc[nH]c2c1. The minimum Gasteiger partial charge on any atom is -0.481 e. The molecule has 0 aliphatic rings. The van der Waals surface area contributed by atoms with Crippen molar-refractivity contribution >= 4 is 17.0 Å². The average molecular weight is 220 g/mol. The summed E-state index contributed by atoms with van der Waals surface area (Å²) < 4.78 is 0. The van der Waals surface area contributed by atoms with Gasteiger partial charge < -0.3 is 15.2 Å². The van der Waals surface area contributed by atoms with E-state index in [-0.39, 0.29) is 0 Å². The van der Waals surface area contributed by atoms with Crippen molar-refractivity contribution in [2.45, 2.75) is 12.3 Å². The lowest BCUT2D eigenvalue weighted by Crippen LogP contribution is -2.36. The van der Waals surface area contributed by atoms with E-state index in [0.717, 1.165) is 11.0 Å². The highest BCUT2D eigenvalue weighted by atomic mass is 16.4. The molecule has 84 valence electrons. The Labute approximate surface area is 91.8 Å². The highest BCUT2D eigenvalue weighted by molar-refractivity contribution is 5.84. The molecule has 0 fully saturated rings. The van der Waals surface area contributed by atoms with Gasteiger partial charge in [-0.05, 0) is 24.6 Å². The summed E-state index contributed by atoms with van der Waals surface area (Å²) >= 11 is 0. The molecule has 1 aromatic heterocycles. The Morgan fingerprint density at radius 2 is 2.31 bits per heavy atom. The third-order valence-corrected chi connectivity index (χ3v) is 2.85. The van der Waals surface area contributed by atoms with Crippen LogP contribution in [0.5, 0.6) is 0 Å². The van der Waals surface area contributed by atoms with Gasteiger partial charge in [-0.25, -0.2) is 4.98 Å². The molecule has 2 aromatic rings. The van der Waals surface area contributed by atoms with Crippen LogP contribution < -0.4 is 0 Å². The molecule has 0 aliphatic heterocycles. The molecule has 0 amide bonds. The van der Waals surface area contributed by atoms with Gasteiger partial charge in [0.05, 0.1) is 24.0 Å². The van der Waals surface area contributed by atoms with E-state index in [2.05, 4.69) is 9.97 Å². The number of fused-ring (bicyclic) bond motifs is 1. The zero-order valence-corrected chi connectivity index (χ0v) is 8.77. The molecule has 5 heteroatoms. The summed E-state index contributed by atoms with van der Waals surface area (Å²) in [5.74, 6) is -1.05. The van der Waals surface area contributed by atoms with Crippen LogP contribution in [0.3, 0.4) is 0 Å². The molecule has 1 aromatic carbocycles. The number of nitrogens with zero attached hydrogens (tertiary/aromatic N) is 1. The Morgan fingerprint density at radius 3 is 2.94 bits per heavy atom. The van der Waals surface area contributed by atoms with Crippen LogP contribution in [-0.2, 0) is 10.2 Å². The molecule has 16 heavy (non-hydrogen) atoms. The second kappa shape index (κ2) is 3.61. The molecule has 1 heterocycles. The van der Waals surface area contributed by atoms with Crippen molar-refractivity contribution in [1.29, 1.82) is 0 Å². The number of carboxylic acids is 1. The minimum absolute atomic E-state index is 0.442. The first-order valence-corrected chi connectivity index (χ1v) is 4.86. The summed E-state index contributed by atoms with van der Waals surface area (Å²) in [5, 5.41) is 18.3. The molecule has 0 spiro atoms. The van der Waals surface area contributed by atoms with Gasteiger partial charge in [-0.2, -0.15) is 0 Å². The smallest absolute Gasteiger partial charge is 0.316 e. The van der Waals surface area contributed by atoms with Crippen molar-refractivity contribution in [2.24, 2.45) is 0 Å². The topological polar surface area (TPSA) is 86.2 Å². The highest BCUT2D eigenvalue weighted by Crippen LogP contribution is 2.25. The van der Waals surface area contributed by atoms with E-state index in [4.69, 9.17) is 5.11 Å². The van der Waals surface area contributed by atoms with Crippen molar-refractivity contribution in [3.63, 3.8) is 0 Å². The Hall–Kier alpha value is -1.88. The summed E-state index contributed by atoms with van der Waals surface area (Å²) in [5.41, 5.74) is 0.811. The highest BCUT2D eigenvalue weighted by Gasteiger charge is 2.34. The van der Waals surface area contributed by atoms with Crippen LogP contribution in [0, 0.1) is 0 Å². The number of aromatic nitrogens is 2. The van der Waals surface area contributed by atoms with E-state index in [1.165, 1.54) is 6.92 Å². The number of aliphatic hydroxyl groups excluding tert-OH is 1. The van der Waals surface area contributed by atoms with E-state index in [1.807, 2.05) is 0 Å². The van der Waals surface area contributed by atoms with Gasteiger partial charge in [0.1, 0.15) is 5.41 Å². The zero-order chi connectivity index (χ0) is 11.8. The van der Waals surface area contributed by atoms with E-state index >= 15 is 0 Å². The number of H-pyrrole nitrogens is 1. The van der Waals surface area contributed by atoms with E-state index in [0.29, 0.717) is 5.56 Å². The average Bonchev–Trinajstić information content (AvgIpc) is 2.74. The van der Waals surface area contributed by atoms with Crippen LogP contribution in [0.1, 0.15) is 12.5 Å². The van der Waals surface area contributed by atoms with Crippen molar-refractivity contribution in [3.8, 4) is 0 Å². The van der Waals surface area contributed by atoms with Crippen LogP contribution in [0.2, 0.25) is 0 Å². The van der Waals surface area contributed by atoms with Crippen LogP contribution in [0.25, 0.3) is 11.0 Å². The molecule has 0 bridgehead atoms. The Bertz CT molecular complexity index is 535. The number of hydrogen-bond donors (Lipinski definition) is 3. The number of imidazole rings is 1. The lowest BCUT2D eigenvalue weighted by molar-refractivity contribution is -0.144. The first kappa shape index (κ1) is 10.6. The monoisotopic (exact) mass is 220 g/mol. The van der Waals surface area contributed by atoms with Gasteiger partial charge in [0.15, 0.2) is 0 Å². The number of carbonyl (C=O) groups is 1. The summed E-state index contributed by atoms with van der Waals surface area (Å²) in [7, 11) is 0. The van der Waals surface area contributed by atoms with Gasteiger partial charge in [0.25, 0.3) is 0 Å². The molecule has 0 radical (unpaired) electrons. The molecular formula is C11H12N2O3. The van der Waals surface area contributed by atoms with Crippen molar-refractivity contribution in [3.05, 3.63) is 30.1 Å². The predicted octanol–water partition coefficient (Wildman–Crippen LogP) is 0.898. The fourth-order valence-corrected chi connectivity index (χ4v) is 1.56. The second-order valence-corrected chi connectivity index (χ2v) is 3.93. The van der Waals surface area contributed by atoms with Crippen LogP contribution in [0.4, 0.5) is 0 Å². The lowest BCUT2D eigenvalue weighted by atomic mass is 9.83. The van der Waals surface area contributed by atoms with Gasteiger partial charge in [-0.15, -0.1) is 0 Å². The maximum atomic E-state index is 11.1. The number of aliphatic carboxylic acids is 1. The van der Waals surface area contributed by atoms with Crippen molar-refractivity contribution in [2.75, 3.05) is 6.61 Å². The largest absolute Gasteiger partial charge is 0.481 e. The van der Waals surface area contributed by atoms with E-state index < -0.39 is 18.0 Å². The van der Waals surface area contributed by atoms with Crippen molar-refractivity contribution in [1.82, 2.24) is 9.97 Å². The molecule has 2 rings (SSSR count). The number of carboxylic acid groups (broad SMARTS) is 1. The molecule has 0 saturated carbocycles. The number of nitrogens with one attached hydrogen (secondary N) is 1. The first-order valence-electron chi connectivity index (χ1n) is 4.86. The maximum absolute atomic E-state index is 11.1. The third-order valence-electron chi connectivity index (χ3n) is 2.85. The summed E-state index contributed by atoms with van der Waals surface area (Å²) in [4.78, 5) is 18.1. The summed E-state index contributed by atoms with van der Waals surface area (Å²) in [6, 6.07) is 5.11. The van der Waals surface area contributed by atoms with Crippen LogP contribution in [-0.4, -0.2) is 32.8 Å². The number of hydrogen-bond acceptors (Lipinski definition) is 3. The maximum Gasteiger partial charge on any atom is 0.316 e. The fourth-order valence-electron chi connectivity index (χ4n) is 1.56. The normalized spacial score (nSPS) is 14.9. The third kappa shape index (κ3) is 1.45. The summed E-state index contributed by atoms with van der Waals surface area (Å²) in [6.07, 6.45) is 1.55. The molecule has 5 nitrogen and oxygen atoms in total. The first-order chi connectivity index (χ1) is 7.58. The van der Waals surface area contributed by atoms with Crippen molar-refractivity contribution < 1.29 is 15.0 Å². The van der Waals surface area contributed by atoms with E-state index in [9.17, 15) is 9.90 Å². The molecular weight excluding hydrogens is 208 g/mol. The number of aromatic amines is 1. The fraction of sp³-hybridized carbons (Fsp3) is 0.273. The van der Waals surface area contributed by atoms with Crippen LogP contribution in [0.15, 0.2) is 24.5 Å². The number of rotatable bonds is 3. The van der Waals surface area contributed by atoms with Crippen LogP contribution >= 0.6 is 0 Å². The number of benzene rings is 1. The predicted molar refractivity (Wildman–Crippen MR) is 58.2 cm³/mol. The molecule has 0 aliphatic carbocycles. The molecule has 3 N–H and O–H groups in total. The Morgan fingerprint density at radius 1 is 1.56 bits per heavy atom. The molecule has 1 atom stereocenters. The lowest BCUT2D eigenvalue weighted by Gasteiger charge is -2.22. The Kier molecular flexibility index (Phi) is 2.40. The second-order valence-electron chi connectivity index (χ2n) is 3.93. The summed E-state index contributed by atoms with van der Waals surface area (Å²) in [6.45, 7) is 1.05. The number of aliphatic hydroxyl groups is 1. The molecule has 1 unspecified atom stereocenters. The minimum atomic E-state index is -1.28. The zero-order valence-electron chi connectivity index (χ0n) is 8.77. The van der Waals surface area contributed by atoms with Gasteiger partial charge in [0.2, 0.25) is 0 Å². The van der Waals surface area contributed by atoms with Gasteiger partial charge in [-0.1, -0.05) is 6.07 Å². The molecule has 0 saturated heterocycles. The standard InChI is InChI=1S/C11H12N2O3/c1-11(5-14,10(15)16)7-2-3-8-9(4-7)13-6-12-8/h2-4,6,14H,5H2,1H3,(H,12,13)(H,15,16).